The summed E-state index contributed by atoms with van der Waals surface area (Å²) in [5.41, 5.74) is 0. The van der Waals surface area contributed by atoms with Crippen molar-refractivity contribution in [1.82, 2.24) is 0 Å². The zero-order chi connectivity index (χ0) is 16.4. The molecule has 0 aliphatic carbocycles. The summed E-state index contributed by atoms with van der Waals surface area (Å²) in [4.78, 5) is 0. The van der Waals surface area contributed by atoms with Crippen LogP contribution >= 0.6 is 0 Å². The van der Waals surface area contributed by atoms with Crippen molar-refractivity contribution >= 4 is 43.1 Å². The Kier molecular flexibility index (Phi) is 2.43. The van der Waals surface area contributed by atoms with Crippen LogP contribution in [0.25, 0.3) is 43.1 Å². The van der Waals surface area contributed by atoms with E-state index < -0.39 is 0 Å². The molecule has 5 aromatic rings. The van der Waals surface area contributed by atoms with Gasteiger partial charge in [-0.05, 0) is 80.2 Å². The molecule has 0 saturated heterocycles. The number of fused-ring (bicyclic) bond motifs is 6. The number of benzene rings is 5. The Labute approximate surface area is 144 Å². The molecule has 0 unspecified atom stereocenters. The monoisotopic (exact) mass is 322 g/mol. The normalized spacial score (nSPS) is 13.3. The fraction of sp³-hybridized carbons (Fsp3) is 0.0435. The second-order valence-electron chi connectivity index (χ2n) is 6.62. The Morgan fingerprint density at radius 3 is 1.84 bits per heavy atom. The van der Waals surface area contributed by atoms with Crippen molar-refractivity contribution in [2.75, 3.05) is 6.79 Å². The van der Waals surface area contributed by atoms with Gasteiger partial charge in [-0.15, -0.1) is 0 Å². The summed E-state index contributed by atoms with van der Waals surface area (Å²) in [6.45, 7) is 0.302. The SMILES string of the molecule is c1ccc2cc3cc4cc5c6c(ccc5cc4cc3cc2c1)OCO6. The fourth-order valence-electron chi connectivity index (χ4n) is 3.88. The second-order valence-corrected chi connectivity index (χ2v) is 6.62. The third-order valence-electron chi connectivity index (χ3n) is 5.13. The molecule has 118 valence electrons. The highest BCUT2D eigenvalue weighted by Gasteiger charge is 2.17. The van der Waals surface area contributed by atoms with Gasteiger partial charge in [-0.25, -0.2) is 0 Å². The smallest absolute Gasteiger partial charge is 0.231 e. The van der Waals surface area contributed by atoms with Crippen LogP contribution in [0.5, 0.6) is 11.5 Å². The van der Waals surface area contributed by atoms with E-state index in [0.717, 1.165) is 16.9 Å². The highest BCUT2D eigenvalue weighted by atomic mass is 16.7. The van der Waals surface area contributed by atoms with Crippen LogP contribution < -0.4 is 9.47 Å². The molecule has 1 aliphatic rings. The highest BCUT2D eigenvalue weighted by molar-refractivity contribution is 6.09. The van der Waals surface area contributed by atoms with Crippen LogP contribution in [0.15, 0.2) is 72.8 Å². The van der Waals surface area contributed by atoms with E-state index in [1.54, 1.807) is 0 Å². The Bertz CT molecular complexity index is 1320. The molecule has 25 heavy (non-hydrogen) atoms. The summed E-state index contributed by atoms with van der Waals surface area (Å²) in [5.74, 6) is 1.69. The first-order valence-electron chi connectivity index (χ1n) is 8.44. The summed E-state index contributed by atoms with van der Waals surface area (Å²) >= 11 is 0. The fourth-order valence-corrected chi connectivity index (χ4v) is 3.88. The Balaban J connectivity index is 1.72. The summed E-state index contributed by atoms with van der Waals surface area (Å²) < 4.78 is 11.2. The lowest BCUT2D eigenvalue weighted by molar-refractivity contribution is 0.175. The lowest BCUT2D eigenvalue weighted by atomic mass is 9.97. The predicted molar refractivity (Wildman–Crippen MR) is 103 cm³/mol. The van der Waals surface area contributed by atoms with Gasteiger partial charge in [-0.3, -0.25) is 0 Å². The Morgan fingerprint density at radius 2 is 1.12 bits per heavy atom. The van der Waals surface area contributed by atoms with Crippen molar-refractivity contribution in [3.8, 4) is 11.5 Å². The maximum atomic E-state index is 5.68. The molecule has 0 radical (unpaired) electrons. The quantitative estimate of drug-likeness (QED) is 0.324. The maximum Gasteiger partial charge on any atom is 0.231 e. The van der Waals surface area contributed by atoms with Crippen LogP contribution in [0.1, 0.15) is 0 Å². The molecular formula is C23H14O2. The van der Waals surface area contributed by atoms with Gasteiger partial charge >= 0.3 is 0 Å². The van der Waals surface area contributed by atoms with E-state index in [9.17, 15) is 0 Å². The molecule has 0 saturated carbocycles. The van der Waals surface area contributed by atoms with Crippen molar-refractivity contribution in [3.05, 3.63) is 72.8 Å². The first-order valence-corrected chi connectivity index (χ1v) is 8.44. The minimum Gasteiger partial charge on any atom is -0.454 e. The van der Waals surface area contributed by atoms with Gasteiger partial charge in [-0.1, -0.05) is 30.3 Å². The van der Waals surface area contributed by atoms with Gasteiger partial charge in [0.05, 0.1) is 0 Å². The highest BCUT2D eigenvalue weighted by Crippen LogP contribution is 2.41. The predicted octanol–water partition coefficient (Wildman–Crippen LogP) is 6.03. The lowest BCUT2D eigenvalue weighted by Gasteiger charge is -2.08. The van der Waals surface area contributed by atoms with E-state index in [2.05, 4.69) is 66.7 Å². The van der Waals surface area contributed by atoms with Crippen LogP contribution in [0.2, 0.25) is 0 Å². The van der Waals surface area contributed by atoms with E-state index in [1.165, 1.54) is 37.7 Å². The van der Waals surface area contributed by atoms with Crippen LogP contribution in [-0.4, -0.2) is 6.79 Å². The molecule has 1 aliphatic heterocycles. The third-order valence-corrected chi connectivity index (χ3v) is 5.13. The standard InChI is InChI=1S/C23H14O2/c1-2-4-15-8-18-11-20-12-21-16(5-6-22-23(21)25-13-24-22)9-19(20)10-17(18)7-14(15)3-1/h1-12H,13H2. The van der Waals surface area contributed by atoms with Crippen molar-refractivity contribution in [1.29, 1.82) is 0 Å². The molecule has 0 bridgehead atoms. The average Bonchev–Trinajstić information content (AvgIpc) is 3.12. The largest absolute Gasteiger partial charge is 0.454 e. The molecule has 0 atom stereocenters. The average molecular weight is 322 g/mol. The zero-order valence-corrected chi connectivity index (χ0v) is 13.5. The van der Waals surface area contributed by atoms with Gasteiger partial charge in [0.2, 0.25) is 6.79 Å². The van der Waals surface area contributed by atoms with Crippen LogP contribution in [0, 0.1) is 0 Å². The minimum absolute atomic E-state index is 0.302. The summed E-state index contributed by atoms with van der Waals surface area (Å²) in [6.07, 6.45) is 0. The van der Waals surface area contributed by atoms with E-state index in [4.69, 9.17) is 9.47 Å². The van der Waals surface area contributed by atoms with Crippen molar-refractivity contribution in [3.63, 3.8) is 0 Å². The van der Waals surface area contributed by atoms with Gasteiger partial charge in [0.25, 0.3) is 0 Å². The molecule has 0 spiro atoms. The number of hydrogen-bond donors (Lipinski definition) is 0. The van der Waals surface area contributed by atoms with Gasteiger partial charge in [0, 0.05) is 5.39 Å². The van der Waals surface area contributed by atoms with Gasteiger partial charge in [0.1, 0.15) is 0 Å². The van der Waals surface area contributed by atoms with Crippen LogP contribution in [0.3, 0.4) is 0 Å². The molecule has 2 heteroatoms. The van der Waals surface area contributed by atoms with Gasteiger partial charge < -0.3 is 9.47 Å². The molecule has 2 nitrogen and oxygen atoms in total. The maximum absolute atomic E-state index is 5.68. The number of ether oxygens (including phenoxy) is 2. The first kappa shape index (κ1) is 13.1. The third kappa shape index (κ3) is 1.85. The summed E-state index contributed by atoms with van der Waals surface area (Å²) in [6, 6.07) is 26.1. The number of rotatable bonds is 0. The van der Waals surface area contributed by atoms with Crippen molar-refractivity contribution in [2.45, 2.75) is 0 Å². The van der Waals surface area contributed by atoms with E-state index in [1.807, 2.05) is 6.07 Å². The minimum atomic E-state index is 0.302. The topological polar surface area (TPSA) is 18.5 Å². The van der Waals surface area contributed by atoms with E-state index in [-0.39, 0.29) is 0 Å². The van der Waals surface area contributed by atoms with E-state index >= 15 is 0 Å². The zero-order valence-electron chi connectivity index (χ0n) is 13.5. The molecule has 5 aromatic carbocycles. The molecule has 0 fully saturated rings. The van der Waals surface area contributed by atoms with Gasteiger partial charge in [0.15, 0.2) is 11.5 Å². The summed E-state index contributed by atoms with van der Waals surface area (Å²) in [7, 11) is 0. The molecular weight excluding hydrogens is 308 g/mol. The molecule has 0 N–H and O–H groups in total. The first-order chi connectivity index (χ1) is 12.3. The van der Waals surface area contributed by atoms with Crippen molar-refractivity contribution < 1.29 is 9.47 Å². The summed E-state index contributed by atoms with van der Waals surface area (Å²) in [5, 5.41) is 9.83. The van der Waals surface area contributed by atoms with Crippen LogP contribution in [-0.2, 0) is 0 Å². The van der Waals surface area contributed by atoms with Crippen molar-refractivity contribution in [2.24, 2.45) is 0 Å². The Morgan fingerprint density at radius 1 is 0.520 bits per heavy atom. The molecule has 0 amide bonds. The lowest BCUT2D eigenvalue weighted by Crippen LogP contribution is -1.93. The van der Waals surface area contributed by atoms with E-state index in [0.29, 0.717) is 6.79 Å². The van der Waals surface area contributed by atoms with Gasteiger partial charge in [-0.2, -0.15) is 0 Å². The molecule has 1 heterocycles. The van der Waals surface area contributed by atoms with Crippen LogP contribution in [0.4, 0.5) is 0 Å². The molecule has 0 aromatic heterocycles. The number of hydrogen-bond acceptors (Lipinski definition) is 2. The second kappa shape index (κ2) is 4.64. The Hall–Kier alpha value is -3.26. The molecule has 6 rings (SSSR count).